The highest BCUT2D eigenvalue weighted by atomic mass is 19.1. The number of aromatic nitrogens is 1. The number of anilines is 1. The molecule has 0 aromatic carbocycles. The Bertz CT molecular complexity index is 419. The molecule has 1 rings (SSSR count). The van der Waals surface area contributed by atoms with Crippen molar-refractivity contribution < 1.29 is 14.3 Å². The van der Waals surface area contributed by atoms with E-state index in [0.717, 1.165) is 25.1 Å². The highest BCUT2D eigenvalue weighted by Gasteiger charge is 2.21. The van der Waals surface area contributed by atoms with Crippen molar-refractivity contribution in [3.8, 4) is 0 Å². The zero-order valence-electron chi connectivity index (χ0n) is 10.2. The number of nitrogens with one attached hydrogen (secondary N) is 1. The minimum atomic E-state index is -1.19. The van der Waals surface area contributed by atoms with Gasteiger partial charge in [0.25, 0.3) is 0 Å². The number of pyridine rings is 1. The van der Waals surface area contributed by atoms with Gasteiger partial charge in [-0.15, -0.1) is 0 Å². The van der Waals surface area contributed by atoms with Gasteiger partial charge in [-0.3, -0.25) is 0 Å². The van der Waals surface area contributed by atoms with Gasteiger partial charge in [0.15, 0.2) is 0 Å². The molecule has 0 bridgehead atoms. The Kier molecular flexibility index (Phi) is 4.04. The van der Waals surface area contributed by atoms with E-state index in [-0.39, 0.29) is 16.9 Å². The molecule has 1 aromatic heterocycles. The average Bonchev–Trinajstić information content (AvgIpc) is 2.20. The van der Waals surface area contributed by atoms with Crippen LogP contribution in [-0.4, -0.2) is 21.6 Å². The Morgan fingerprint density at radius 1 is 1.59 bits per heavy atom. The first kappa shape index (κ1) is 13.4. The lowest BCUT2D eigenvalue weighted by molar-refractivity contribution is 0.0697. The Labute approximate surface area is 99.9 Å². The van der Waals surface area contributed by atoms with E-state index >= 15 is 0 Å². The standard InChI is InChI=1S/C12H17FN2O2/c1-4-5-12(2,3)15-10-9(11(16)17)6-8(13)7-14-10/h6-7H,4-5H2,1-3H3,(H,14,15)(H,16,17). The summed E-state index contributed by atoms with van der Waals surface area (Å²) in [5.41, 5.74) is -0.418. The fourth-order valence-electron chi connectivity index (χ4n) is 1.71. The molecule has 0 aliphatic rings. The topological polar surface area (TPSA) is 62.2 Å². The summed E-state index contributed by atoms with van der Waals surface area (Å²) in [6.07, 6.45) is 2.84. The van der Waals surface area contributed by atoms with Gasteiger partial charge in [-0.25, -0.2) is 14.2 Å². The number of carbonyl (C=O) groups is 1. The minimum absolute atomic E-state index is 0.144. The van der Waals surface area contributed by atoms with Crippen molar-refractivity contribution in [1.82, 2.24) is 4.98 Å². The molecule has 0 aliphatic heterocycles. The van der Waals surface area contributed by atoms with E-state index < -0.39 is 11.8 Å². The normalized spacial score (nSPS) is 11.3. The van der Waals surface area contributed by atoms with Gasteiger partial charge in [0.1, 0.15) is 17.2 Å². The maximum atomic E-state index is 12.9. The molecule has 0 unspecified atom stereocenters. The van der Waals surface area contributed by atoms with Crippen molar-refractivity contribution in [1.29, 1.82) is 0 Å². The number of aromatic carboxylic acids is 1. The SMILES string of the molecule is CCCC(C)(C)Nc1ncc(F)cc1C(=O)O. The van der Waals surface area contributed by atoms with Crippen LogP contribution in [0, 0.1) is 5.82 Å². The van der Waals surface area contributed by atoms with Crippen LogP contribution in [0.3, 0.4) is 0 Å². The van der Waals surface area contributed by atoms with E-state index in [1.54, 1.807) is 0 Å². The lowest BCUT2D eigenvalue weighted by Gasteiger charge is -2.27. The zero-order valence-corrected chi connectivity index (χ0v) is 10.2. The zero-order chi connectivity index (χ0) is 13.1. The predicted molar refractivity (Wildman–Crippen MR) is 63.8 cm³/mol. The number of halogens is 1. The lowest BCUT2D eigenvalue weighted by atomic mass is 9.98. The van der Waals surface area contributed by atoms with Gasteiger partial charge in [0, 0.05) is 5.54 Å². The number of hydrogen-bond donors (Lipinski definition) is 2. The van der Waals surface area contributed by atoms with Crippen LogP contribution in [0.5, 0.6) is 0 Å². The van der Waals surface area contributed by atoms with Crippen LogP contribution in [0.15, 0.2) is 12.3 Å². The Morgan fingerprint density at radius 2 is 2.24 bits per heavy atom. The van der Waals surface area contributed by atoms with E-state index in [4.69, 9.17) is 5.11 Å². The van der Waals surface area contributed by atoms with Crippen LogP contribution >= 0.6 is 0 Å². The van der Waals surface area contributed by atoms with Crippen LogP contribution in [0.4, 0.5) is 10.2 Å². The molecule has 0 radical (unpaired) electrons. The smallest absolute Gasteiger partial charge is 0.339 e. The first-order valence-corrected chi connectivity index (χ1v) is 5.53. The lowest BCUT2D eigenvalue weighted by Crippen LogP contribution is -2.32. The summed E-state index contributed by atoms with van der Waals surface area (Å²) in [5, 5.41) is 12.0. The molecule has 5 heteroatoms. The molecular weight excluding hydrogens is 223 g/mol. The molecule has 0 spiro atoms. The van der Waals surface area contributed by atoms with E-state index in [1.807, 2.05) is 20.8 Å². The summed E-state index contributed by atoms with van der Waals surface area (Å²) >= 11 is 0. The summed E-state index contributed by atoms with van der Waals surface area (Å²) in [5.74, 6) is -1.63. The highest BCUT2D eigenvalue weighted by molar-refractivity contribution is 5.93. The van der Waals surface area contributed by atoms with Crippen molar-refractivity contribution >= 4 is 11.8 Å². The van der Waals surface area contributed by atoms with Gasteiger partial charge in [-0.05, 0) is 26.3 Å². The van der Waals surface area contributed by atoms with Crippen molar-refractivity contribution in [2.45, 2.75) is 39.2 Å². The minimum Gasteiger partial charge on any atom is -0.478 e. The summed E-state index contributed by atoms with van der Waals surface area (Å²) in [4.78, 5) is 14.8. The average molecular weight is 240 g/mol. The first-order valence-electron chi connectivity index (χ1n) is 5.53. The first-order chi connectivity index (χ1) is 7.85. The molecule has 1 aromatic rings. The second-order valence-corrected chi connectivity index (χ2v) is 4.61. The molecule has 0 saturated carbocycles. The summed E-state index contributed by atoms with van der Waals surface area (Å²) < 4.78 is 12.9. The van der Waals surface area contributed by atoms with Gasteiger partial charge < -0.3 is 10.4 Å². The van der Waals surface area contributed by atoms with Crippen LogP contribution in [0.25, 0.3) is 0 Å². The van der Waals surface area contributed by atoms with Crippen LogP contribution < -0.4 is 5.32 Å². The van der Waals surface area contributed by atoms with Crippen LogP contribution in [0.1, 0.15) is 44.0 Å². The third kappa shape index (κ3) is 3.69. The second-order valence-electron chi connectivity index (χ2n) is 4.61. The van der Waals surface area contributed by atoms with Crippen LogP contribution in [-0.2, 0) is 0 Å². The van der Waals surface area contributed by atoms with Crippen molar-refractivity contribution in [3.05, 3.63) is 23.6 Å². The van der Waals surface area contributed by atoms with Gasteiger partial charge in [0.05, 0.1) is 6.20 Å². The Hall–Kier alpha value is -1.65. The molecule has 2 N–H and O–H groups in total. The number of carboxylic acids is 1. The third-order valence-corrected chi connectivity index (χ3v) is 2.42. The number of carboxylic acid groups (broad SMARTS) is 1. The van der Waals surface area contributed by atoms with Crippen LogP contribution in [0.2, 0.25) is 0 Å². The molecule has 4 nitrogen and oxygen atoms in total. The fourth-order valence-corrected chi connectivity index (χ4v) is 1.71. The van der Waals surface area contributed by atoms with Gasteiger partial charge >= 0.3 is 5.97 Å². The van der Waals surface area contributed by atoms with Crippen molar-refractivity contribution in [3.63, 3.8) is 0 Å². The van der Waals surface area contributed by atoms with Gasteiger partial charge in [-0.2, -0.15) is 0 Å². The Balaban J connectivity index is 3.02. The van der Waals surface area contributed by atoms with E-state index in [0.29, 0.717) is 0 Å². The molecule has 0 atom stereocenters. The van der Waals surface area contributed by atoms with Gasteiger partial charge in [-0.1, -0.05) is 13.3 Å². The quantitative estimate of drug-likeness (QED) is 0.830. The molecule has 0 saturated heterocycles. The molecular formula is C12H17FN2O2. The van der Waals surface area contributed by atoms with Crippen molar-refractivity contribution in [2.24, 2.45) is 0 Å². The predicted octanol–water partition coefficient (Wildman–Crippen LogP) is 2.91. The summed E-state index contributed by atoms with van der Waals surface area (Å²) in [6.45, 7) is 5.94. The second kappa shape index (κ2) is 5.12. The molecule has 0 aliphatic carbocycles. The molecule has 0 fully saturated rings. The maximum absolute atomic E-state index is 12.9. The maximum Gasteiger partial charge on any atom is 0.339 e. The largest absolute Gasteiger partial charge is 0.478 e. The number of rotatable bonds is 5. The summed E-state index contributed by atoms with van der Waals surface area (Å²) in [6, 6.07) is 0.972. The number of hydrogen-bond acceptors (Lipinski definition) is 3. The van der Waals surface area contributed by atoms with Crippen molar-refractivity contribution in [2.75, 3.05) is 5.32 Å². The fraction of sp³-hybridized carbons (Fsp3) is 0.500. The Morgan fingerprint density at radius 3 is 2.76 bits per heavy atom. The van der Waals surface area contributed by atoms with E-state index in [1.165, 1.54) is 0 Å². The van der Waals surface area contributed by atoms with E-state index in [9.17, 15) is 9.18 Å². The number of nitrogens with zero attached hydrogens (tertiary/aromatic N) is 1. The molecule has 1 heterocycles. The highest BCUT2D eigenvalue weighted by Crippen LogP contribution is 2.21. The molecule has 94 valence electrons. The van der Waals surface area contributed by atoms with Gasteiger partial charge in [0.2, 0.25) is 0 Å². The third-order valence-electron chi connectivity index (χ3n) is 2.42. The summed E-state index contributed by atoms with van der Waals surface area (Å²) in [7, 11) is 0. The van der Waals surface area contributed by atoms with E-state index in [2.05, 4.69) is 10.3 Å². The molecule has 17 heavy (non-hydrogen) atoms. The monoisotopic (exact) mass is 240 g/mol. The molecule has 0 amide bonds.